The number of rotatable bonds is 3. The fourth-order valence-electron chi connectivity index (χ4n) is 0.983. The monoisotopic (exact) mass is 179 g/mol. The zero-order valence-electron chi connectivity index (χ0n) is 7.75. The van der Waals surface area contributed by atoms with Crippen LogP contribution in [0.2, 0.25) is 0 Å². The Morgan fingerprint density at radius 2 is 2.23 bits per heavy atom. The Bertz CT molecular complexity index is 279. The number of carbonyl (C=O) groups is 1. The highest BCUT2D eigenvalue weighted by Gasteiger charge is 2.22. The van der Waals surface area contributed by atoms with Crippen LogP contribution in [0.3, 0.4) is 0 Å². The summed E-state index contributed by atoms with van der Waals surface area (Å²) >= 11 is 0. The average Bonchev–Trinajstić information content (AvgIpc) is 2.47. The molecule has 0 aromatic rings. The van der Waals surface area contributed by atoms with Gasteiger partial charge < -0.3 is 4.74 Å². The molecule has 0 aliphatic carbocycles. The molecule has 0 unspecified atom stereocenters. The van der Waals surface area contributed by atoms with Crippen molar-refractivity contribution in [3.63, 3.8) is 0 Å². The third kappa shape index (κ3) is 2.47. The predicted octanol–water partition coefficient (Wildman–Crippen LogP) is 2.08. The number of nitrogens with zero attached hydrogens (tertiary/aromatic N) is 1. The lowest BCUT2D eigenvalue weighted by Crippen LogP contribution is -2.21. The Balaban J connectivity index is 2.57. The molecular formula is C10H13NO2. The topological polar surface area (TPSA) is 29.5 Å². The van der Waals surface area contributed by atoms with Crippen LogP contribution in [0.15, 0.2) is 36.6 Å². The van der Waals surface area contributed by atoms with Crippen molar-refractivity contribution < 1.29 is 9.53 Å². The van der Waals surface area contributed by atoms with Crippen molar-refractivity contribution in [1.29, 1.82) is 0 Å². The molecule has 0 aromatic heterocycles. The summed E-state index contributed by atoms with van der Waals surface area (Å²) in [6.07, 6.45) is 3.25. The molecule has 0 N–H and O–H groups in total. The molecule has 0 radical (unpaired) electrons. The van der Waals surface area contributed by atoms with Crippen molar-refractivity contribution >= 4 is 6.09 Å². The molecule has 0 spiro atoms. The van der Waals surface area contributed by atoms with E-state index in [0.29, 0.717) is 18.8 Å². The third-order valence-electron chi connectivity index (χ3n) is 1.67. The van der Waals surface area contributed by atoms with E-state index in [-0.39, 0.29) is 6.09 Å². The molecule has 1 saturated heterocycles. The van der Waals surface area contributed by atoms with E-state index < -0.39 is 0 Å². The smallest absolute Gasteiger partial charge is 0.414 e. The molecule has 1 aliphatic heterocycles. The lowest BCUT2D eigenvalue weighted by atomic mass is 10.3. The van der Waals surface area contributed by atoms with E-state index >= 15 is 0 Å². The minimum Gasteiger partial charge on any atom is -0.447 e. The molecule has 1 amide bonds. The van der Waals surface area contributed by atoms with Crippen molar-refractivity contribution in [3.05, 3.63) is 36.6 Å². The Labute approximate surface area is 78.0 Å². The SMILES string of the molecule is C=C(C)/C=C\C(=C)N1CCOC1=O. The van der Waals surface area contributed by atoms with Crippen LogP contribution in [-0.2, 0) is 4.74 Å². The van der Waals surface area contributed by atoms with Crippen molar-refractivity contribution in [2.75, 3.05) is 13.2 Å². The average molecular weight is 179 g/mol. The molecule has 3 nitrogen and oxygen atoms in total. The molecule has 1 heterocycles. The van der Waals surface area contributed by atoms with Gasteiger partial charge in [0.1, 0.15) is 6.61 Å². The normalized spacial score (nSPS) is 16.4. The van der Waals surface area contributed by atoms with Crippen LogP contribution in [0.1, 0.15) is 6.92 Å². The molecule has 0 atom stereocenters. The van der Waals surface area contributed by atoms with Gasteiger partial charge in [0.05, 0.1) is 6.54 Å². The maximum absolute atomic E-state index is 11.0. The molecule has 1 aliphatic rings. The van der Waals surface area contributed by atoms with Gasteiger partial charge in [-0.2, -0.15) is 0 Å². The summed E-state index contributed by atoms with van der Waals surface area (Å²) in [5.41, 5.74) is 1.57. The Morgan fingerprint density at radius 3 is 2.69 bits per heavy atom. The van der Waals surface area contributed by atoms with Gasteiger partial charge in [0.2, 0.25) is 0 Å². The summed E-state index contributed by atoms with van der Waals surface area (Å²) in [5, 5.41) is 0. The van der Waals surface area contributed by atoms with Gasteiger partial charge in [-0.3, -0.25) is 4.90 Å². The first-order valence-electron chi connectivity index (χ1n) is 4.08. The maximum Gasteiger partial charge on any atom is 0.414 e. The maximum atomic E-state index is 11.0. The molecule has 0 saturated carbocycles. The van der Waals surface area contributed by atoms with Crippen LogP contribution in [0, 0.1) is 0 Å². The van der Waals surface area contributed by atoms with Gasteiger partial charge in [-0.15, -0.1) is 0 Å². The van der Waals surface area contributed by atoms with Gasteiger partial charge >= 0.3 is 6.09 Å². The van der Waals surface area contributed by atoms with Crippen LogP contribution in [-0.4, -0.2) is 24.1 Å². The minimum atomic E-state index is -0.323. The van der Waals surface area contributed by atoms with Crippen LogP contribution < -0.4 is 0 Å². The fraction of sp³-hybridized carbons (Fsp3) is 0.300. The third-order valence-corrected chi connectivity index (χ3v) is 1.67. The summed E-state index contributed by atoms with van der Waals surface area (Å²) in [6, 6.07) is 0. The molecule has 1 rings (SSSR count). The number of hydrogen-bond donors (Lipinski definition) is 0. The zero-order valence-corrected chi connectivity index (χ0v) is 7.75. The number of amides is 1. The summed E-state index contributed by atoms with van der Waals surface area (Å²) in [7, 11) is 0. The van der Waals surface area contributed by atoms with E-state index in [0.717, 1.165) is 5.57 Å². The van der Waals surface area contributed by atoms with Gasteiger partial charge in [0, 0.05) is 5.70 Å². The lowest BCUT2D eigenvalue weighted by molar-refractivity contribution is 0.165. The standard InChI is InChI=1S/C10H13NO2/c1-8(2)4-5-9(3)11-6-7-13-10(11)12/h4-5H,1,3,6-7H2,2H3/b5-4-. The van der Waals surface area contributed by atoms with Gasteiger partial charge in [-0.25, -0.2) is 4.79 Å². The number of allylic oxidation sites excluding steroid dienone is 3. The molecule has 0 aromatic carbocycles. The second-order valence-corrected chi connectivity index (χ2v) is 2.94. The van der Waals surface area contributed by atoms with E-state index in [1.807, 2.05) is 13.0 Å². The highest BCUT2D eigenvalue weighted by Crippen LogP contribution is 2.11. The molecule has 0 bridgehead atoms. The second-order valence-electron chi connectivity index (χ2n) is 2.94. The summed E-state index contributed by atoms with van der Waals surface area (Å²) in [6.45, 7) is 10.4. The first-order chi connectivity index (χ1) is 6.11. The molecule has 70 valence electrons. The highest BCUT2D eigenvalue weighted by atomic mass is 16.6. The van der Waals surface area contributed by atoms with E-state index in [2.05, 4.69) is 13.2 Å². The van der Waals surface area contributed by atoms with Crippen LogP contribution >= 0.6 is 0 Å². The number of ether oxygens (including phenoxy) is 1. The van der Waals surface area contributed by atoms with Crippen LogP contribution in [0.25, 0.3) is 0 Å². The van der Waals surface area contributed by atoms with Gasteiger partial charge in [-0.1, -0.05) is 24.8 Å². The van der Waals surface area contributed by atoms with Crippen LogP contribution in [0.5, 0.6) is 0 Å². The summed E-state index contributed by atoms with van der Waals surface area (Å²) in [4.78, 5) is 12.5. The van der Waals surface area contributed by atoms with Crippen molar-refractivity contribution in [2.24, 2.45) is 0 Å². The predicted molar refractivity (Wildman–Crippen MR) is 51.1 cm³/mol. The van der Waals surface area contributed by atoms with Crippen LogP contribution in [0.4, 0.5) is 4.79 Å². The number of hydrogen-bond acceptors (Lipinski definition) is 2. The zero-order chi connectivity index (χ0) is 9.84. The van der Waals surface area contributed by atoms with Gasteiger partial charge in [-0.05, 0) is 13.0 Å². The molecule has 13 heavy (non-hydrogen) atoms. The molecular weight excluding hydrogens is 166 g/mol. The summed E-state index contributed by atoms with van der Waals surface area (Å²) in [5.74, 6) is 0. The summed E-state index contributed by atoms with van der Waals surface area (Å²) < 4.78 is 4.76. The van der Waals surface area contributed by atoms with Gasteiger partial charge in [0.15, 0.2) is 0 Å². The van der Waals surface area contributed by atoms with Gasteiger partial charge in [0.25, 0.3) is 0 Å². The minimum absolute atomic E-state index is 0.323. The Hall–Kier alpha value is -1.51. The quantitative estimate of drug-likeness (QED) is 0.621. The van der Waals surface area contributed by atoms with E-state index in [4.69, 9.17) is 4.74 Å². The lowest BCUT2D eigenvalue weighted by Gasteiger charge is -2.11. The second kappa shape index (κ2) is 3.94. The highest BCUT2D eigenvalue weighted by molar-refractivity contribution is 5.72. The van der Waals surface area contributed by atoms with Crippen molar-refractivity contribution in [2.45, 2.75) is 6.92 Å². The fourth-order valence-corrected chi connectivity index (χ4v) is 0.983. The Kier molecular flexibility index (Phi) is 2.90. The number of cyclic esters (lactones) is 1. The van der Waals surface area contributed by atoms with Crippen molar-refractivity contribution in [3.8, 4) is 0 Å². The molecule has 3 heteroatoms. The molecule has 1 fully saturated rings. The van der Waals surface area contributed by atoms with E-state index in [1.54, 1.807) is 6.08 Å². The van der Waals surface area contributed by atoms with E-state index in [9.17, 15) is 4.79 Å². The first-order valence-corrected chi connectivity index (χ1v) is 4.08. The largest absolute Gasteiger partial charge is 0.447 e. The van der Waals surface area contributed by atoms with Crippen molar-refractivity contribution in [1.82, 2.24) is 4.90 Å². The first kappa shape index (κ1) is 9.58. The number of carbonyl (C=O) groups excluding carboxylic acids is 1. The van der Waals surface area contributed by atoms with E-state index in [1.165, 1.54) is 4.90 Å². The Morgan fingerprint density at radius 1 is 1.54 bits per heavy atom.